The molecule has 0 bridgehead atoms. The van der Waals surface area contributed by atoms with Crippen molar-refractivity contribution in [3.63, 3.8) is 0 Å². The molecule has 0 atom stereocenters. The Morgan fingerprint density at radius 3 is 1.11 bits per heavy atom. The molecule has 4 heterocycles. The van der Waals surface area contributed by atoms with Gasteiger partial charge in [-0.15, -0.1) is 22.7 Å². The van der Waals surface area contributed by atoms with Crippen molar-refractivity contribution < 1.29 is 57.3 Å². The molecule has 2 aliphatic heterocycles. The van der Waals surface area contributed by atoms with Gasteiger partial charge in [0.15, 0.2) is 0 Å². The summed E-state index contributed by atoms with van der Waals surface area (Å²) in [5, 5.41) is 20.1. The number of hydrogen-bond donors (Lipinski definition) is 0. The lowest BCUT2D eigenvalue weighted by molar-refractivity contribution is -0.164. The molecule has 1 aliphatic carbocycles. The number of nitrogens with zero attached hydrogens (tertiary/aromatic N) is 6. The van der Waals surface area contributed by atoms with Crippen LogP contribution in [-0.4, -0.2) is 69.0 Å². The van der Waals surface area contributed by atoms with E-state index < -0.39 is 75.7 Å². The van der Waals surface area contributed by atoms with E-state index in [1.165, 1.54) is 26.0 Å². The van der Waals surface area contributed by atoms with Crippen LogP contribution in [0.2, 0.25) is 0 Å². The van der Waals surface area contributed by atoms with Gasteiger partial charge in [0.1, 0.15) is 71.1 Å². The highest BCUT2D eigenvalue weighted by molar-refractivity contribution is 7.26. The number of aliphatic imine (C=N–C) groups is 2. The lowest BCUT2D eigenvalue weighted by Crippen LogP contribution is -2.50. The SMILES string of the molecule is CC1=C(C#N)C(=O)N(C(=O)OCc2ccccc2)C(=O)/C1=N\c1cc2c(s1)-c1sc(/N=C3\C(=O)N(C(=O)OCc4ccccc4)C(=O)C(C#N)=C3C)cc1C2(C(=O)OCc1ccccc1)C(=O)OCc1ccccc1. The highest BCUT2D eigenvalue weighted by atomic mass is 32.1. The Hall–Kier alpha value is -9.76. The lowest BCUT2D eigenvalue weighted by Gasteiger charge is -2.26. The summed E-state index contributed by atoms with van der Waals surface area (Å²) in [5.41, 5.74) is -2.75. The number of benzene rings is 4. The van der Waals surface area contributed by atoms with Crippen molar-refractivity contribution in [2.45, 2.75) is 45.7 Å². The van der Waals surface area contributed by atoms with Crippen molar-refractivity contribution in [3.05, 3.63) is 189 Å². The summed E-state index contributed by atoms with van der Waals surface area (Å²) in [7, 11) is 0. The zero-order valence-electron chi connectivity index (χ0n) is 39.4. The molecule has 2 aromatic heterocycles. The van der Waals surface area contributed by atoms with Gasteiger partial charge in [0, 0.05) is 22.3 Å². The number of rotatable bonds is 12. The summed E-state index contributed by atoms with van der Waals surface area (Å²) >= 11 is 1.75. The maximum atomic E-state index is 15.2. The summed E-state index contributed by atoms with van der Waals surface area (Å²) in [6, 6.07) is 40.3. The van der Waals surface area contributed by atoms with Crippen molar-refractivity contribution in [1.82, 2.24) is 9.80 Å². The Balaban J connectivity index is 1.17. The number of thiophene rings is 2. The molecule has 6 amide bonds. The summed E-state index contributed by atoms with van der Waals surface area (Å²) < 4.78 is 22.6. The highest BCUT2D eigenvalue weighted by Crippen LogP contribution is 2.60. The average Bonchev–Trinajstić information content (AvgIpc) is 4.12. The second-order valence-corrected chi connectivity index (χ2v) is 18.7. The van der Waals surface area contributed by atoms with Gasteiger partial charge in [-0.3, -0.25) is 28.8 Å². The second kappa shape index (κ2) is 21.1. The zero-order valence-corrected chi connectivity index (χ0v) is 41.1. The predicted octanol–water partition coefficient (Wildman–Crippen LogP) is 8.80. The molecule has 4 aromatic carbocycles. The standard InChI is InChI=1S/C55H36N6O12S2/c1-31-37(25-56)47(62)60(53(68)72-29-35-19-11-5-12-20-35)49(64)43(31)58-41-23-39-45(74-41)46-40(55(39,51(66)70-27-33-15-7-3-8-16-33)52(67)71-28-34-17-9-4-10-18-34)24-42(75-46)59-44-32(2)38(26-57)48(63)61(50(44)65)54(69)73-30-36-21-13-6-14-22-36/h3-24H,27-30H2,1-2H3/b58-43-,59-44-. The van der Waals surface area contributed by atoms with Gasteiger partial charge in [0.25, 0.3) is 23.6 Å². The molecule has 75 heavy (non-hydrogen) atoms. The van der Waals surface area contributed by atoms with Crippen LogP contribution in [-0.2, 0) is 79.6 Å². The second-order valence-electron chi connectivity index (χ2n) is 16.6. The van der Waals surface area contributed by atoms with Gasteiger partial charge in [-0.25, -0.2) is 19.6 Å². The van der Waals surface area contributed by atoms with Gasteiger partial charge in [-0.1, -0.05) is 121 Å². The van der Waals surface area contributed by atoms with Crippen LogP contribution >= 0.6 is 22.7 Å². The van der Waals surface area contributed by atoms with Gasteiger partial charge in [-0.05, 0) is 48.2 Å². The smallest absolute Gasteiger partial charge is 0.424 e. The van der Waals surface area contributed by atoms with E-state index in [2.05, 4.69) is 9.98 Å². The predicted molar refractivity (Wildman–Crippen MR) is 269 cm³/mol. The molecule has 20 heteroatoms. The van der Waals surface area contributed by atoms with Crippen LogP contribution in [0.1, 0.15) is 47.2 Å². The lowest BCUT2D eigenvalue weighted by atomic mass is 9.79. The molecule has 18 nitrogen and oxygen atoms in total. The largest absolute Gasteiger partial charge is 0.459 e. The molecule has 370 valence electrons. The summed E-state index contributed by atoms with van der Waals surface area (Å²) in [6.07, 6.45) is -2.73. The third-order valence-corrected chi connectivity index (χ3v) is 14.3. The van der Waals surface area contributed by atoms with E-state index in [0.29, 0.717) is 22.3 Å². The number of amides is 6. The van der Waals surface area contributed by atoms with Crippen molar-refractivity contribution >= 4 is 91.9 Å². The first-order valence-corrected chi connectivity index (χ1v) is 24.2. The summed E-state index contributed by atoms with van der Waals surface area (Å²) in [6.45, 7) is 1.35. The Morgan fingerprint density at radius 2 is 0.800 bits per heavy atom. The van der Waals surface area contributed by atoms with Crippen molar-refractivity contribution in [3.8, 4) is 21.9 Å². The Morgan fingerprint density at radius 1 is 0.493 bits per heavy atom. The molecule has 0 radical (unpaired) electrons. The van der Waals surface area contributed by atoms with Crippen LogP contribution in [0, 0.1) is 22.7 Å². The fourth-order valence-corrected chi connectivity index (χ4v) is 10.6. The Bertz CT molecular complexity index is 3370. The minimum atomic E-state index is -2.47. The minimum absolute atomic E-state index is 0.00135. The van der Waals surface area contributed by atoms with Gasteiger partial charge in [0.05, 0.1) is 9.75 Å². The topological polar surface area (TPSA) is 252 Å². The molecule has 3 aliphatic rings. The molecule has 6 aromatic rings. The number of hydrogen-bond acceptors (Lipinski definition) is 18. The molecule has 0 unspecified atom stereocenters. The van der Waals surface area contributed by atoms with Gasteiger partial charge < -0.3 is 18.9 Å². The molecule has 0 N–H and O–H groups in total. The number of nitriles is 2. The van der Waals surface area contributed by atoms with E-state index in [-0.39, 0.29) is 78.3 Å². The monoisotopic (exact) mass is 1040 g/mol. The van der Waals surface area contributed by atoms with Crippen LogP contribution in [0.3, 0.4) is 0 Å². The maximum Gasteiger partial charge on any atom is 0.424 e. The van der Waals surface area contributed by atoms with Gasteiger partial charge in [0.2, 0.25) is 5.41 Å². The molecular weight excluding hydrogens is 1000 g/mol. The first-order chi connectivity index (χ1) is 36.3. The van der Waals surface area contributed by atoms with E-state index in [4.69, 9.17) is 18.9 Å². The van der Waals surface area contributed by atoms with Crippen LogP contribution in [0.25, 0.3) is 9.75 Å². The number of fused-ring (bicyclic) bond motifs is 3. The van der Waals surface area contributed by atoms with E-state index in [1.807, 2.05) is 0 Å². The average molecular weight is 1040 g/mol. The fourth-order valence-electron chi connectivity index (χ4n) is 8.24. The molecule has 0 saturated heterocycles. The normalized spacial score (nSPS) is 15.8. The van der Waals surface area contributed by atoms with Crippen molar-refractivity contribution in [1.29, 1.82) is 10.5 Å². The van der Waals surface area contributed by atoms with Crippen molar-refractivity contribution in [2.24, 2.45) is 9.98 Å². The molecular formula is C55H36N6O12S2. The van der Waals surface area contributed by atoms with Crippen LogP contribution in [0.5, 0.6) is 0 Å². The number of imide groups is 6. The first kappa shape index (κ1) is 50.2. The van der Waals surface area contributed by atoms with E-state index in [1.54, 1.807) is 133 Å². The third-order valence-electron chi connectivity index (χ3n) is 12.0. The first-order valence-electron chi connectivity index (χ1n) is 22.6. The quantitative estimate of drug-likeness (QED) is 0.0481. The third kappa shape index (κ3) is 9.45. The zero-order chi connectivity index (χ0) is 53.0. The fraction of sp³-hybridized carbons (Fsp3) is 0.127. The number of carbonyl (C=O) groups is 8. The summed E-state index contributed by atoms with van der Waals surface area (Å²) in [4.78, 5) is 122. The van der Waals surface area contributed by atoms with Gasteiger partial charge in [-0.2, -0.15) is 20.3 Å². The Kier molecular flexibility index (Phi) is 14.1. The minimum Gasteiger partial charge on any atom is -0.459 e. The molecule has 9 rings (SSSR count). The molecule has 0 spiro atoms. The van der Waals surface area contributed by atoms with Crippen LogP contribution in [0.15, 0.2) is 166 Å². The number of carbonyl (C=O) groups excluding carboxylic acids is 8. The van der Waals surface area contributed by atoms with E-state index in [9.17, 15) is 39.3 Å². The van der Waals surface area contributed by atoms with Crippen LogP contribution in [0.4, 0.5) is 19.6 Å². The summed E-state index contributed by atoms with van der Waals surface area (Å²) in [5.74, 6) is -7.12. The molecule has 0 saturated carbocycles. The van der Waals surface area contributed by atoms with E-state index >= 15 is 9.59 Å². The number of ether oxygens (including phenoxy) is 4. The van der Waals surface area contributed by atoms with Crippen LogP contribution < -0.4 is 0 Å². The Labute approximate surface area is 434 Å². The van der Waals surface area contributed by atoms with Gasteiger partial charge >= 0.3 is 24.1 Å². The maximum absolute atomic E-state index is 15.2. The molecule has 0 fully saturated rings. The van der Waals surface area contributed by atoms with Crippen molar-refractivity contribution in [2.75, 3.05) is 0 Å². The van der Waals surface area contributed by atoms with E-state index in [0.717, 1.165) is 22.7 Å². The number of esters is 2. The highest BCUT2D eigenvalue weighted by Gasteiger charge is 2.60.